The second-order valence-electron chi connectivity index (χ2n) is 6.09. The lowest BCUT2D eigenvalue weighted by Gasteiger charge is -2.23. The lowest BCUT2D eigenvalue weighted by molar-refractivity contribution is -0.141. The zero-order valence-electron chi connectivity index (χ0n) is 10.5. The fourth-order valence-corrected chi connectivity index (χ4v) is 2.75. The molecule has 2 fully saturated rings. The molecule has 1 heterocycles. The molecule has 2 aliphatic rings. The number of amides is 2. The summed E-state index contributed by atoms with van der Waals surface area (Å²) in [7, 11) is 0. The number of nitrogens with zero attached hydrogens (tertiary/aromatic N) is 1. The average molecular weight is 223 g/mol. The Morgan fingerprint density at radius 2 is 2.00 bits per heavy atom. The van der Waals surface area contributed by atoms with Crippen LogP contribution in [0.2, 0.25) is 0 Å². The van der Waals surface area contributed by atoms with E-state index in [1.807, 2.05) is 6.92 Å². The van der Waals surface area contributed by atoms with Gasteiger partial charge in [0.15, 0.2) is 0 Å². The molecule has 2 amide bonds. The molecule has 0 aromatic rings. The van der Waals surface area contributed by atoms with E-state index in [0.717, 1.165) is 6.42 Å². The van der Waals surface area contributed by atoms with Crippen LogP contribution in [0.25, 0.3) is 0 Å². The van der Waals surface area contributed by atoms with Gasteiger partial charge >= 0.3 is 0 Å². The first-order chi connectivity index (χ1) is 7.42. The minimum atomic E-state index is -0.430. The highest BCUT2D eigenvalue weighted by Gasteiger charge is 2.49. The van der Waals surface area contributed by atoms with E-state index in [0.29, 0.717) is 24.8 Å². The summed E-state index contributed by atoms with van der Waals surface area (Å²) in [4.78, 5) is 25.6. The van der Waals surface area contributed by atoms with Gasteiger partial charge in [-0.2, -0.15) is 0 Å². The Morgan fingerprint density at radius 1 is 1.38 bits per heavy atom. The zero-order valence-corrected chi connectivity index (χ0v) is 10.5. The van der Waals surface area contributed by atoms with Crippen LogP contribution >= 0.6 is 0 Å². The Bertz CT molecular complexity index is 320. The van der Waals surface area contributed by atoms with Crippen molar-refractivity contribution < 1.29 is 9.59 Å². The summed E-state index contributed by atoms with van der Waals surface area (Å²) in [6, 6.07) is 0. The van der Waals surface area contributed by atoms with Crippen molar-refractivity contribution >= 4 is 11.8 Å². The van der Waals surface area contributed by atoms with E-state index < -0.39 is 5.41 Å². The third-order valence-electron chi connectivity index (χ3n) is 3.60. The van der Waals surface area contributed by atoms with E-state index >= 15 is 0 Å². The van der Waals surface area contributed by atoms with E-state index in [-0.39, 0.29) is 11.8 Å². The molecule has 0 bridgehead atoms. The highest BCUT2D eigenvalue weighted by Crippen LogP contribution is 2.40. The van der Waals surface area contributed by atoms with Crippen LogP contribution in [0.3, 0.4) is 0 Å². The van der Waals surface area contributed by atoms with Crippen molar-refractivity contribution in [3.63, 3.8) is 0 Å². The molecule has 1 aliphatic carbocycles. The summed E-state index contributed by atoms with van der Waals surface area (Å²) in [6.45, 7) is 6.82. The van der Waals surface area contributed by atoms with Crippen molar-refractivity contribution in [2.24, 2.45) is 17.3 Å². The molecule has 0 spiro atoms. The van der Waals surface area contributed by atoms with Crippen molar-refractivity contribution in [1.82, 2.24) is 4.90 Å². The second-order valence-corrected chi connectivity index (χ2v) is 6.09. The highest BCUT2D eigenvalue weighted by molar-refractivity contribution is 6.05. The second kappa shape index (κ2) is 3.86. The first-order valence-electron chi connectivity index (χ1n) is 6.27. The van der Waals surface area contributed by atoms with Gasteiger partial charge in [0.1, 0.15) is 0 Å². The van der Waals surface area contributed by atoms with Crippen molar-refractivity contribution in [3.8, 4) is 0 Å². The summed E-state index contributed by atoms with van der Waals surface area (Å²) in [5, 5.41) is 0. The van der Waals surface area contributed by atoms with Crippen LogP contribution < -0.4 is 0 Å². The van der Waals surface area contributed by atoms with Gasteiger partial charge in [0.05, 0.1) is 5.41 Å². The maximum atomic E-state index is 12.2. The van der Waals surface area contributed by atoms with Gasteiger partial charge in [-0.3, -0.25) is 14.5 Å². The summed E-state index contributed by atoms with van der Waals surface area (Å²) in [5.41, 5.74) is -0.430. The molecule has 3 heteroatoms. The summed E-state index contributed by atoms with van der Waals surface area (Å²) < 4.78 is 0. The average Bonchev–Trinajstić information content (AvgIpc) is 2.91. The monoisotopic (exact) mass is 223 g/mol. The van der Waals surface area contributed by atoms with Crippen molar-refractivity contribution in [2.45, 2.75) is 46.5 Å². The Hall–Kier alpha value is -0.860. The predicted molar refractivity (Wildman–Crippen MR) is 61.6 cm³/mol. The summed E-state index contributed by atoms with van der Waals surface area (Å²) in [6.07, 6.45) is 3.59. The van der Waals surface area contributed by atoms with Crippen LogP contribution in [-0.2, 0) is 9.59 Å². The molecule has 0 N–H and O–H groups in total. The molecule has 0 unspecified atom stereocenters. The topological polar surface area (TPSA) is 37.4 Å². The van der Waals surface area contributed by atoms with Crippen LogP contribution in [-0.4, -0.2) is 23.3 Å². The Labute approximate surface area is 97.2 Å². The minimum absolute atomic E-state index is 0.0417. The zero-order chi connectivity index (χ0) is 11.9. The number of carbonyl (C=O) groups is 2. The van der Waals surface area contributed by atoms with Gasteiger partial charge in [0.25, 0.3) is 0 Å². The van der Waals surface area contributed by atoms with Gasteiger partial charge in [-0.15, -0.1) is 0 Å². The number of hydrogen-bond acceptors (Lipinski definition) is 2. The molecule has 0 aromatic carbocycles. The maximum absolute atomic E-state index is 12.2. The van der Waals surface area contributed by atoms with E-state index in [1.54, 1.807) is 0 Å². The van der Waals surface area contributed by atoms with Crippen molar-refractivity contribution in [2.75, 3.05) is 6.54 Å². The molecule has 2 rings (SSSR count). The standard InChI is InChI=1S/C13H21NO2/c1-9(2)6-13(3)7-11(15)14(12(13)16)8-10-4-5-10/h9-10H,4-8H2,1-3H3/t13-/m0/s1. The number of imide groups is 1. The lowest BCUT2D eigenvalue weighted by atomic mass is 9.80. The Kier molecular flexibility index (Phi) is 2.81. The van der Waals surface area contributed by atoms with E-state index in [1.165, 1.54) is 17.7 Å². The van der Waals surface area contributed by atoms with Gasteiger partial charge in [-0.1, -0.05) is 20.8 Å². The smallest absolute Gasteiger partial charge is 0.235 e. The Balaban J connectivity index is 2.07. The summed E-state index contributed by atoms with van der Waals surface area (Å²) >= 11 is 0. The number of carbonyl (C=O) groups excluding carboxylic acids is 2. The largest absolute Gasteiger partial charge is 0.282 e. The number of likely N-dealkylation sites (tertiary alicyclic amines) is 1. The minimum Gasteiger partial charge on any atom is -0.282 e. The van der Waals surface area contributed by atoms with Gasteiger partial charge in [0.2, 0.25) is 11.8 Å². The van der Waals surface area contributed by atoms with Crippen LogP contribution in [0.1, 0.15) is 46.5 Å². The first-order valence-corrected chi connectivity index (χ1v) is 6.27. The van der Waals surface area contributed by atoms with E-state index in [2.05, 4.69) is 13.8 Å². The number of rotatable bonds is 4. The third kappa shape index (κ3) is 2.13. The fourth-order valence-electron chi connectivity index (χ4n) is 2.75. The maximum Gasteiger partial charge on any atom is 0.235 e. The predicted octanol–water partition coefficient (Wildman–Crippen LogP) is 2.21. The van der Waals surface area contributed by atoms with Gasteiger partial charge in [-0.25, -0.2) is 0 Å². The molecular weight excluding hydrogens is 202 g/mol. The molecule has 0 radical (unpaired) electrons. The molecule has 1 aliphatic heterocycles. The molecule has 90 valence electrons. The van der Waals surface area contributed by atoms with E-state index in [9.17, 15) is 9.59 Å². The Morgan fingerprint density at radius 3 is 2.50 bits per heavy atom. The van der Waals surface area contributed by atoms with Crippen molar-refractivity contribution in [3.05, 3.63) is 0 Å². The molecular formula is C13H21NO2. The molecule has 3 nitrogen and oxygen atoms in total. The highest BCUT2D eigenvalue weighted by atomic mass is 16.2. The van der Waals surface area contributed by atoms with Gasteiger partial charge < -0.3 is 0 Å². The van der Waals surface area contributed by atoms with Crippen LogP contribution in [0, 0.1) is 17.3 Å². The molecule has 1 saturated heterocycles. The first kappa shape index (κ1) is 11.6. The fraction of sp³-hybridized carbons (Fsp3) is 0.846. The van der Waals surface area contributed by atoms with Gasteiger partial charge in [-0.05, 0) is 31.1 Å². The molecule has 0 aromatic heterocycles. The van der Waals surface area contributed by atoms with Crippen LogP contribution in [0.15, 0.2) is 0 Å². The lowest BCUT2D eigenvalue weighted by Crippen LogP contribution is -2.36. The molecule has 1 saturated carbocycles. The quantitative estimate of drug-likeness (QED) is 0.685. The SMILES string of the molecule is CC(C)C[C@@]1(C)CC(=O)N(CC2CC2)C1=O. The number of hydrogen-bond donors (Lipinski definition) is 0. The van der Waals surface area contributed by atoms with E-state index in [4.69, 9.17) is 0 Å². The normalized spacial score (nSPS) is 30.6. The third-order valence-corrected chi connectivity index (χ3v) is 3.60. The van der Waals surface area contributed by atoms with Crippen LogP contribution in [0.4, 0.5) is 0 Å². The molecule has 16 heavy (non-hydrogen) atoms. The summed E-state index contributed by atoms with van der Waals surface area (Å²) in [5.74, 6) is 1.16. The van der Waals surface area contributed by atoms with Crippen molar-refractivity contribution in [1.29, 1.82) is 0 Å². The van der Waals surface area contributed by atoms with Gasteiger partial charge in [0, 0.05) is 13.0 Å². The molecule has 1 atom stereocenters. The van der Waals surface area contributed by atoms with Crippen LogP contribution in [0.5, 0.6) is 0 Å².